The summed E-state index contributed by atoms with van der Waals surface area (Å²) in [5.41, 5.74) is 0.720. The quantitative estimate of drug-likeness (QED) is 0.942. The standard InChI is InChI=1S/C16H21N5O/c1-13(21-10-7-17-12-21)16(22)19-14-5-6-15(18-11-14)20-8-3-2-4-9-20/h5-7,10-13H,2-4,8-9H2,1H3,(H,19,22)/t13-/m0/s1. The molecule has 2 aromatic heterocycles. The Balaban J connectivity index is 1.62. The minimum Gasteiger partial charge on any atom is -0.357 e. The van der Waals surface area contributed by atoms with Crippen LogP contribution in [0.2, 0.25) is 0 Å². The molecule has 0 saturated carbocycles. The van der Waals surface area contributed by atoms with Crippen LogP contribution in [-0.2, 0) is 4.79 Å². The zero-order valence-electron chi connectivity index (χ0n) is 12.8. The molecule has 1 aliphatic heterocycles. The van der Waals surface area contributed by atoms with Gasteiger partial charge in [0.05, 0.1) is 18.2 Å². The number of pyridine rings is 1. The van der Waals surface area contributed by atoms with Crippen LogP contribution in [0.15, 0.2) is 37.1 Å². The number of piperidine rings is 1. The minimum absolute atomic E-state index is 0.0782. The van der Waals surface area contributed by atoms with E-state index in [1.165, 1.54) is 19.3 Å². The van der Waals surface area contributed by atoms with E-state index in [2.05, 4.69) is 20.2 Å². The van der Waals surface area contributed by atoms with Gasteiger partial charge in [-0.15, -0.1) is 0 Å². The van der Waals surface area contributed by atoms with Crippen LogP contribution in [-0.4, -0.2) is 33.5 Å². The van der Waals surface area contributed by atoms with Crippen molar-refractivity contribution in [1.82, 2.24) is 14.5 Å². The van der Waals surface area contributed by atoms with Gasteiger partial charge in [0.15, 0.2) is 0 Å². The van der Waals surface area contributed by atoms with E-state index in [1.807, 2.05) is 19.1 Å². The first-order chi connectivity index (χ1) is 10.7. The Hall–Kier alpha value is -2.37. The molecule has 0 aromatic carbocycles. The van der Waals surface area contributed by atoms with Crippen molar-refractivity contribution >= 4 is 17.4 Å². The molecule has 1 N–H and O–H groups in total. The van der Waals surface area contributed by atoms with E-state index in [-0.39, 0.29) is 11.9 Å². The molecule has 0 aliphatic carbocycles. The largest absolute Gasteiger partial charge is 0.357 e. The van der Waals surface area contributed by atoms with E-state index in [9.17, 15) is 4.79 Å². The molecule has 3 rings (SSSR count). The normalized spacial score (nSPS) is 16.3. The fourth-order valence-corrected chi connectivity index (χ4v) is 2.65. The SMILES string of the molecule is C[C@@H](C(=O)Nc1ccc(N2CCCCC2)nc1)n1ccnc1. The summed E-state index contributed by atoms with van der Waals surface area (Å²) >= 11 is 0. The zero-order chi connectivity index (χ0) is 15.4. The van der Waals surface area contributed by atoms with E-state index in [0.717, 1.165) is 24.6 Å². The van der Waals surface area contributed by atoms with Gasteiger partial charge in [0.25, 0.3) is 0 Å². The van der Waals surface area contributed by atoms with E-state index >= 15 is 0 Å². The summed E-state index contributed by atoms with van der Waals surface area (Å²) in [4.78, 5) is 22.9. The summed E-state index contributed by atoms with van der Waals surface area (Å²) in [6.07, 6.45) is 10.6. The predicted octanol–water partition coefficient (Wildman–Crippen LogP) is 2.47. The number of hydrogen-bond donors (Lipinski definition) is 1. The Bertz CT molecular complexity index is 602. The van der Waals surface area contributed by atoms with Crippen LogP contribution < -0.4 is 10.2 Å². The Morgan fingerprint density at radius 3 is 2.73 bits per heavy atom. The van der Waals surface area contributed by atoms with Crippen molar-refractivity contribution in [3.05, 3.63) is 37.1 Å². The first-order valence-corrected chi connectivity index (χ1v) is 7.73. The molecule has 6 nitrogen and oxygen atoms in total. The number of aromatic nitrogens is 3. The van der Waals surface area contributed by atoms with E-state index < -0.39 is 0 Å². The molecule has 1 saturated heterocycles. The fraction of sp³-hybridized carbons (Fsp3) is 0.438. The van der Waals surface area contributed by atoms with E-state index in [4.69, 9.17) is 0 Å². The lowest BCUT2D eigenvalue weighted by atomic mass is 10.1. The van der Waals surface area contributed by atoms with Crippen LogP contribution in [0, 0.1) is 0 Å². The van der Waals surface area contributed by atoms with Gasteiger partial charge in [0.2, 0.25) is 5.91 Å². The van der Waals surface area contributed by atoms with Gasteiger partial charge in [0.1, 0.15) is 11.9 Å². The molecule has 0 spiro atoms. The third kappa shape index (κ3) is 3.27. The van der Waals surface area contributed by atoms with Gasteiger partial charge in [-0.3, -0.25) is 4.79 Å². The van der Waals surface area contributed by atoms with Crippen molar-refractivity contribution in [2.45, 2.75) is 32.2 Å². The average Bonchev–Trinajstić information content (AvgIpc) is 3.10. The van der Waals surface area contributed by atoms with Crippen molar-refractivity contribution in [2.75, 3.05) is 23.3 Å². The van der Waals surface area contributed by atoms with Crippen LogP contribution in [0.4, 0.5) is 11.5 Å². The summed E-state index contributed by atoms with van der Waals surface area (Å²) in [5.74, 6) is 0.908. The van der Waals surface area contributed by atoms with Gasteiger partial charge >= 0.3 is 0 Å². The molecule has 1 aliphatic rings. The topological polar surface area (TPSA) is 63.1 Å². The molecule has 0 bridgehead atoms. The number of carbonyl (C=O) groups is 1. The summed E-state index contributed by atoms with van der Waals surface area (Å²) < 4.78 is 1.77. The highest BCUT2D eigenvalue weighted by atomic mass is 16.2. The number of carbonyl (C=O) groups excluding carboxylic acids is 1. The number of amides is 1. The zero-order valence-corrected chi connectivity index (χ0v) is 12.8. The van der Waals surface area contributed by atoms with E-state index in [0.29, 0.717) is 0 Å². The van der Waals surface area contributed by atoms with E-state index in [1.54, 1.807) is 29.5 Å². The number of rotatable bonds is 4. The lowest BCUT2D eigenvalue weighted by Crippen LogP contribution is -2.30. The van der Waals surface area contributed by atoms with Crippen LogP contribution in [0.5, 0.6) is 0 Å². The Kier molecular flexibility index (Phi) is 4.37. The molecule has 116 valence electrons. The third-order valence-electron chi connectivity index (χ3n) is 4.05. The second-order valence-corrected chi connectivity index (χ2v) is 5.63. The molecular formula is C16H21N5O. The minimum atomic E-state index is -0.302. The second kappa shape index (κ2) is 6.60. The van der Waals surface area contributed by atoms with Gasteiger partial charge in [-0.25, -0.2) is 9.97 Å². The van der Waals surface area contributed by atoms with Crippen molar-refractivity contribution in [3.8, 4) is 0 Å². The highest BCUT2D eigenvalue weighted by Crippen LogP contribution is 2.19. The first kappa shape index (κ1) is 14.6. The summed E-state index contributed by atoms with van der Waals surface area (Å²) in [6.45, 7) is 3.97. The molecule has 1 fully saturated rings. The maximum Gasteiger partial charge on any atom is 0.247 e. The molecule has 6 heteroatoms. The smallest absolute Gasteiger partial charge is 0.247 e. The van der Waals surface area contributed by atoms with Gasteiger partial charge in [-0.1, -0.05) is 0 Å². The fourth-order valence-electron chi connectivity index (χ4n) is 2.65. The number of imidazole rings is 1. The number of anilines is 2. The van der Waals surface area contributed by atoms with Crippen molar-refractivity contribution < 1.29 is 4.79 Å². The van der Waals surface area contributed by atoms with Gasteiger partial charge in [0, 0.05) is 25.5 Å². The molecule has 3 heterocycles. The van der Waals surface area contributed by atoms with Gasteiger partial charge < -0.3 is 14.8 Å². The molecule has 1 amide bonds. The monoisotopic (exact) mass is 299 g/mol. The van der Waals surface area contributed by atoms with Crippen molar-refractivity contribution in [2.24, 2.45) is 0 Å². The summed E-state index contributed by atoms with van der Waals surface area (Å²) in [5, 5.41) is 2.89. The molecule has 2 aromatic rings. The van der Waals surface area contributed by atoms with Crippen LogP contribution in [0.3, 0.4) is 0 Å². The number of nitrogens with zero attached hydrogens (tertiary/aromatic N) is 4. The molecule has 0 unspecified atom stereocenters. The van der Waals surface area contributed by atoms with Gasteiger partial charge in [-0.05, 0) is 38.3 Å². The average molecular weight is 299 g/mol. The third-order valence-corrected chi connectivity index (χ3v) is 4.05. The predicted molar refractivity (Wildman–Crippen MR) is 85.9 cm³/mol. The first-order valence-electron chi connectivity index (χ1n) is 7.73. The number of nitrogens with one attached hydrogen (secondary N) is 1. The van der Waals surface area contributed by atoms with Crippen LogP contribution in [0.1, 0.15) is 32.2 Å². The Morgan fingerprint density at radius 2 is 2.09 bits per heavy atom. The number of hydrogen-bond acceptors (Lipinski definition) is 4. The lowest BCUT2D eigenvalue weighted by molar-refractivity contribution is -0.118. The van der Waals surface area contributed by atoms with Crippen molar-refractivity contribution in [3.63, 3.8) is 0 Å². The summed E-state index contributed by atoms with van der Waals surface area (Å²) in [6, 6.07) is 3.59. The molecular weight excluding hydrogens is 278 g/mol. The maximum atomic E-state index is 12.2. The second-order valence-electron chi connectivity index (χ2n) is 5.63. The highest BCUT2D eigenvalue weighted by molar-refractivity contribution is 5.93. The molecule has 0 radical (unpaired) electrons. The Labute approximate surface area is 130 Å². The van der Waals surface area contributed by atoms with Crippen molar-refractivity contribution in [1.29, 1.82) is 0 Å². The molecule has 1 atom stereocenters. The summed E-state index contributed by atoms with van der Waals surface area (Å²) in [7, 11) is 0. The molecule has 22 heavy (non-hydrogen) atoms. The maximum absolute atomic E-state index is 12.2. The van der Waals surface area contributed by atoms with Gasteiger partial charge in [-0.2, -0.15) is 0 Å². The van der Waals surface area contributed by atoms with Crippen LogP contribution in [0.25, 0.3) is 0 Å². The lowest BCUT2D eigenvalue weighted by Gasteiger charge is -2.27. The van der Waals surface area contributed by atoms with Crippen LogP contribution >= 0.6 is 0 Å². The Morgan fingerprint density at radius 1 is 1.27 bits per heavy atom. The highest BCUT2D eigenvalue weighted by Gasteiger charge is 2.15.